The van der Waals surface area contributed by atoms with Gasteiger partial charge < -0.3 is 10.2 Å². The molecule has 0 spiro atoms. The van der Waals surface area contributed by atoms with Crippen LogP contribution < -0.4 is 10.2 Å². The standard InChI is InChI=1S/C23H25N3O2/c1-15-6-7-17(14-16(15)2)20-21(23(28)25(3)22(20)27)24-18-8-10-19(11-9-18)26-12-4-5-13-26/h6-11,14,24H,4-5,12-13H2,1-3H3. The van der Waals surface area contributed by atoms with Gasteiger partial charge in [0, 0.05) is 31.5 Å². The Hall–Kier alpha value is -3.08. The Morgan fingerprint density at radius 2 is 1.54 bits per heavy atom. The van der Waals surface area contributed by atoms with E-state index in [0.29, 0.717) is 11.3 Å². The first-order chi connectivity index (χ1) is 13.5. The van der Waals surface area contributed by atoms with Crippen molar-refractivity contribution >= 4 is 28.8 Å². The molecule has 0 aliphatic carbocycles. The topological polar surface area (TPSA) is 52.7 Å². The summed E-state index contributed by atoms with van der Waals surface area (Å²) in [5, 5.41) is 3.20. The van der Waals surface area contributed by atoms with Crippen molar-refractivity contribution in [3.05, 3.63) is 64.9 Å². The Kier molecular flexibility index (Phi) is 4.67. The predicted octanol–water partition coefficient (Wildman–Crippen LogP) is 3.73. The lowest BCUT2D eigenvalue weighted by molar-refractivity contribution is -0.135. The summed E-state index contributed by atoms with van der Waals surface area (Å²) in [4.78, 5) is 29.0. The van der Waals surface area contributed by atoms with Gasteiger partial charge >= 0.3 is 0 Å². The zero-order chi connectivity index (χ0) is 19.8. The fourth-order valence-corrected chi connectivity index (χ4v) is 3.80. The van der Waals surface area contributed by atoms with Crippen LogP contribution in [0.4, 0.5) is 11.4 Å². The predicted molar refractivity (Wildman–Crippen MR) is 112 cm³/mol. The molecule has 0 bridgehead atoms. The van der Waals surface area contributed by atoms with Gasteiger partial charge in [-0.1, -0.05) is 18.2 Å². The van der Waals surface area contributed by atoms with E-state index in [1.54, 1.807) is 0 Å². The molecule has 144 valence electrons. The SMILES string of the molecule is Cc1ccc(C2=C(Nc3ccc(N4CCCC4)cc3)C(=O)N(C)C2=O)cc1C. The van der Waals surface area contributed by atoms with Gasteiger partial charge in [0.05, 0.1) is 5.57 Å². The molecular weight excluding hydrogens is 350 g/mol. The first kappa shape index (κ1) is 18.3. The summed E-state index contributed by atoms with van der Waals surface area (Å²) in [5.41, 5.74) is 5.77. The van der Waals surface area contributed by atoms with Crippen LogP contribution in [0.5, 0.6) is 0 Å². The molecule has 0 unspecified atom stereocenters. The zero-order valence-corrected chi connectivity index (χ0v) is 16.6. The second-order valence-corrected chi connectivity index (χ2v) is 7.58. The number of carbonyl (C=O) groups is 2. The Morgan fingerprint density at radius 3 is 2.18 bits per heavy atom. The quantitative estimate of drug-likeness (QED) is 0.828. The van der Waals surface area contributed by atoms with Gasteiger partial charge in [0.25, 0.3) is 11.8 Å². The normalized spacial score (nSPS) is 17.1. The van der Waals surface area contributed by atoms with Gasteiger partial charge in [-0.05, 0) is 67.6 Å². The molecule has 2 aromatic carbocycles. The molecule has 5 nitrogen and oxygen atoms in total. The fourth-order valence-electron chi connectivity index (χ4n) is 3.80. The van der Waals surface area contributed by atoms with E-state index in [2.05, 4.69) is 22.3 Å². The van der Waals surface area contributed by atoms with Crippen molar-refractivity contribution in [1.29, 1.82) is 0 Å². The monoisotopic (exact) mass is 375 g/mol. The first-order valence-corrected chi connectivity index (χ1v) is 9.72. The molecule has 28 heavy (non-hydrogen) atoms. The Labute approximate surface area is 165 Å². The molecule has 1 N–H and O–H groups in total. The van der Waals surface area contributed by atoms with Crippen LogP contribution in [0, 0.1) is 13.8 Å². The molecule has 0 aromatic heterocycles. The number of rotatable bonds is 4. The summed E-state index contributed by atoms with van der Waals surface area (Å²) in [6.07, 6.45) is 2.46. The minimum absolute atomic E-state index is 0.274. The van der Waals surface area contributed by atoms with Crippen LogP contribution in [0.15, 0.2) is 48.2 Å². The largest absolute Gasteiger partial charge is 0.372 e. The lowest BCUT2D eigenvalue weighted by Crippen LogP contribution is -2.27. The van der Waals surface area contributed by atoms with Crippen LogP contribution >= 0.6 is 0 Å². The lowest BCUT2D eigenvalue weighted by atomic mass is 9.99. The van der Waals surface area contributed by atoms with E-state index < -0.39 is 0 Å². The molecule has 2 amide bonds. The van der Waals surface area contributed by atoms with E-state index in [1.807, 2.05) is 44.2 Å². The molecule has 0 radical (unpaired) electrons. The second-order valence-electron chi connectivity index (χ2n) is 7.58. The summed E-state index contributed by atoms with van der Waals surface area (Å²) in [7, 11) is 1.52. The van der Waals surface area contributed by atoms with Gasteiger partial charge in [-0.15, -0.1) is 0 Å². The number of imide groups is 1. The smallest absolute Gasteiger partial charge is 0.277 e. The zero-order valence-electron chi connectivity index (χ0n) is 16.6. The minimum Gasteiger partial charge on any atom is -0.372 e. The van der Waals surface area contributed by atoms with Crippen molar-refractivity contribution in [2.45, 2.75) is 26.7 Å². The number of carbonyl (C=O) groups excluding carboxylic acids is 2. The van der Waals surface area contributed by atoms with Gasteiger partial charge in [-0.3, -0.25) is 14.5 Å². The Balaban J connectivity index is 1.67. The third-order valence-corrected chi connectivity index (χ3v) is 5.69. The molecule has 2 aliphatic rings. The highest BCUT2D eigenvalue weighted by Crippen LogP contribution is 2.31. The molecule has 2 aromatic rings. The summed E-state index contributed by atoms with van der Waals surface area (Å²) in [5.74, 6) is -0.578. The summed E-state index contributed by atoms with van der Waals surface area (Å²) >= 11 is 0. The highest BCUT2D eigenvalue weighted by atomic mass is 16.2. The average Bonchev–Trinajstić information content (AvgIpc) is 3.30. The van der Waals surface area contributed by atoms with Gasteiger partial charge in [-0.2, -0.15) is 0 Å². The van der Waals surface area contributed by atoms with Crippen molar-refractivity contribution in [2.75, 3.05) is 30.4 Å². The molecule has 1 fully saturated rings. The minimum atomic E-state index is -0.304. The van der Waals surface area contributed by atoms with E-state index in [1.165, 1.54) is 30.5 Å². The number of likely N-dealkylation sites (N-methyl/N-ethyl adjacent to an activating group) is 1. The lowest BCUT2D eigenvalue weighted by Gasteiger charge is -2.18. The van der Waals surface area contributed by atoms with Gasteiger partial charge in [0.15, 0.2) is 0 Å². The van der Waals surface area contributed by atoms with E-state index >= 15 is 0 Å². The molecule has 0 atom stereocenters. The molecular formula is C23H25N3O2. The highest BCUT2D eigenvalue weighted by molar-refractivity contribution is 6.36. The van der Waals surface area contributed by atoms with Crippen molar-refractivity contribution < 1.29 is 9.59 Å². The molecule has 1 saturated heterocycles. The fraction of sp³-hybridized carbons (Fsp3) is 0.304. The number of benzene rings is 2. The number of aryl methyl sites for hydroxylation is 2. The van der Waals surface area contributed by atoms with Gasteiger partial charge in [0.2, 0.25) is 0 Å². The third-order valence-electron chi connectivity index (χ3n) is 5.69. The second kappa shape index (κ2) is 7.15. The van der Waals surface area contributed by atoms with Crippen molar-refractivity contribution in [3.63, 3.8) is 0 Å². The van der Waals surface area contributed by atoms with Crippen LogP contribution in [-0.4, -0.2) is 36.9 Å². The van der Waals surface area contributed by atoms with Crippen LogP contribution in [0.1, 0.15) is 29.5 Å². The maximum Gasteiger partial charge on any atom is 0.277 e. The van der Waals surface area contributed by atoms with Crippen molar-refractivity contribution in [3.8, 4) is 0 Å². The van der Waals surface area contributed by atoms with Gasteiger partial charge in [0.1, 0.15) is 5.70 Å². The maximum absolute atomic E-state index is 12.7. The number of amides is 2. The van der Waals surface area contributed by atoms with E-state index in [4.69, 9.17) is 0 Å². The van der Waals surface area contributed by atoms with Crippen molar-refractivity contribution in [2.24, 2.45) is 0 Å². The molecule has 5 heteroatoms. The number of nitrogens with one attached hydrogen (secondary N) is 1. The summed E-state index contributed by atoms with van der Waals surface area (Å²) in [6.45, 7) is 6.22. The molecule has 2 aliphatic heterocycles. The number of nitrogens with zero attached hydrogens (tertiary/aromatic N) is 2. The van der Waals surface area contributed by atoms with E-state index in [0.717, 1.165) is 35.5 Å². The van der Waals surface area contributed by atoms with E-state index in [-0.39, 0.29) is 11.8 Å². The number of hydrogen-bond acceptors (Lipinski definition) is 4. The average molecular weight is 375 g/mol. The summed E-state index contributed by atoms with van der Waals surface area (Å²) in [6, 6.07) is 13.9. The van der Waals surface area contributed by atoms with Crippen LogP contribution in [0.25, 0.3) is 5.57 Å². The molecule has 4 rings (SSSR count). The molecule has 2 heterocycles. The van der Waals surface area contributed by atoms with Gasteiger partial charge in [-0.25, -0.2) is 0 Å². The maximum atomic E-state index is 12.7. The molecule has 0 saturated carbocycles. The number of anilines is 2. The van der Waals surface area contributed by atoms with Crippen LogP contribution in [0.2, 0.25) is 0 Å². The summed E-state index contributed by atoms with van der Waals surface area (Å²) < 4.78 is 0. The van der Waals surface area contributed by atoms with Crippen LogP contribution in [-0.2, 0) is 9.59 Å². The third kappa shape index (κ3) is 3.17. The highest BCUT2D eigenvalue weighted by Gasteiger charge is 2.36. The Bertz CT molecular complexity index is 970. The number of hydrogen-bond donors (Lipinski definition) is 1. The van der Waals surface area contributed by atoms with Crippen molar-refractivity contribution in [1.82, 2.24) is 4.90 Å². The van der Waals surface area contributed by atoms with Crippen LogP contribution in [0.3, 0.4) is 0 Å². The Morgan fingerprint density at radius 1 is 0.857 bits per heavy atom. The first-order valence-electron chi connectivity index (χ1n) is 9.72. The van der Waals surface area contributed by atoms with E-state index in [9.17, 15) is 9.59 Å².